The van der Waals surface area contributed by atoms with Gasteiger partial charge in [0.05, 0.1) is 6.54 Å². The van der Waals surface area contributed by atoms with Crippen LogP contribution >= 0.6 is 0 Å². The summed E-state index contributed by atoms with van der Waals surface area (Å²) in [4.78, 5) is 29.8. The van der Waals surface area contributed by atoms with Crippen molar-refractivity contribution in [2.45, 2.75) is 52.0 Å². The van der Waals surface area contributed by atoms with Crippen LogP contribution in [0, 0.1) is 5.92 Å². The molecule has 0 bridgehead atoms. The van der Waals surface area contributed by atoms with Gasteiger partial charge in [0.2, 0.25) is 11.9 Å². The van der Waals surface area contributed by atoms with Gasteiger partial charge in [-0.15, -0.1) is 0 Å². The Morgan fingerprint density at radius 2 is 1.83 bits per heavy atom. The fourth-order valence-corrected chi connectivity index (χ4v) is 3.95. The molecule has 2 aliphatic rings. The summed E-state index contributed by atoms with van der Waals surface area (Å²) in [5, 5.41) is 6.86. The molecule has 0 atom stereocenters. The Balaban J connectivity index is 1.41. The molecule has 2 heterocycles. The molecular weight excluding hydrogens is 366 g/mol. The van der Waals surface area contributed by atoms with Crippen molar-refractivity contribution in [2.24, 2.45) is 10.9 Å². The van der Waals surface area contributed by atoms with E-state index in [9.17, 15) is 4.79 Å². The molecule has 2 N–H and O–H groups in total. The molecule has 1 amide bonds. The van der Waals surface area contributed by atoms with Gasteiger partial charge < -0.3 is 20.4 Å². The predicted octanol–water partition coefficient (Wildman–Crippen LogP) is 1.65. The van der Waals surface area contributed by atoms with Crippen LogP contribution in [0.25, 0.3) is 0 Å². The normalized spacial score (nSPS) is 23.0. The molecule has 29 heavy (non-hydrogen) atoms. The van der Waals surface area contributed by atoms with E-state index in [-0.39, 0.29) is 5.91 Å². The van der Waals surface area contributed by atoms with E-state index in [0.717, 1.165) is 37.5 Å². The third kappa shape index (κ3) is 6.58. The molecule has 3 rings (SSSR count). The van der Waals surface area contributed by atoms with Gasteiger partial charge in [0.1, 0.15) is 0 Å². The number of guanidine groups is 1. The van der Waals surface area contributed by atoms with Crippen molar-refractivity contribution in [3.05, 3.63) is 18.5 Å². The van der Waals surface area contributed by atoms with Crippen LogP contribution in [-0.4, -0.2) is 72.0 Å². The lowest BCUT2D eigenvalue weighted by atomic mass is 9.87. The first-order valence-electron chi connectivity index (χ1n) is 11.0. The van der Waals surface area contributed by atoms with Gasteiger partial charge in [0.15, 0.2) is 5.96 Å². The van der Waals surface area contributed by atoms with Crippen LogP contribution in [0.5, 0.6) is 0 Å². The van der Waals surface area contributed by atoms with Crippen LogP contribution in [0.2, 0.25) is 0 Å². The minimum atomic E-state index is 0.171. The van der Waals surface area contributed by atoms with Crippen LogP contribution in [0.1, 0.15) is 46.0 Å². The smallest absolute Gasteiger partial charge is 0.225 e. The number of carbonyl (C=O) groups excluding carboxylic acids is 1. The quantitative estimate of drug-likeness (QED) is 0.557. The Bertz CT molecular complexity index is 650. The van der Waals surface area contributed by atoms with Gasteiger partial charge in [-0.05, 0) is 44.6 Å². The summed E-state index contributed by atoms with van der Waals surface area (Å²) in [6.07, 6.45) is 8.88. The Kier molecular flexibility index (Phi) is 8.07. The van der Waals surface area contributed by atoms with Gasteiger partial charge in [-0.3, -0.25) is 9.79 Å². The van der Waals surface area contributed by atoms with Crippen molar-refractivity contribution >= 4 is 17.8 Å². The zero-order chi connectivity index (χ0) is 20.5. The number of hydrogen-bond donors (Lipinski definition) is 2. The molecule has 2 fully saturated rings. The first kappa shape index (κ1) is 21.3. The molecule has 8 nitrogen and oxygen atoms in total. The summed E-state index contributed by atoms with van der Waals surface area (Å²) in [7, 11) is 0. The highest BCUT2D eigenvalue weighted by atomic mass is 16.2. The highest BCUT2D eigenvalue weighted by Crippen LogP contribution is 2.23. The lowest BCUT2D eigenvalue weighted by Gasteiger charge is -2.34. The topological polar surface area (TPSA) is 85.8 Å². The number of aliphatic imine (C=N–C) groups is 1. The number of nitrogens with one attached hydrogen (secondary N) is 2. The second-order valence-electron chi connectivity index (χ2n) is 8.03. The summed E-state index contributed by atoms with van der Waals surface area (Å²) >= 11 is 0. The van der Waals surface area contributed by atoms with E-state index >= 15 is 0 Å². The number of aromatic nitrogens is 2. The molecule has 160 valence electrons. The molecule has 1 saturated heterocycles. The minimum absolute atomic E-state index is 0.171. The van der Waals surface area contributed by atoms with Crippen molar-refractivity contribution in [1.82, 2.24) is 25.5 Å². The average molecular weight is 402 g/mol. The Morgan fingerprint density at radius 1 is 1.14 bits per heavy atom. The molecule has 0 radical (unpaired) electrons. The fourth-order valence-electron chi connectivity index (χ4n) is 3.95. The van der Waals surface area contributed by atoms with Gasteiger partial charge in [-0.1, -0.05) is 6.92 Å². The molecule has 0 aromatic carbocycles. The minimum Gasteiger partial charge on any atom is -0.357 e. The number of anilines is 1. The highest BCUT2D eigenvalue weighted by Gasteiger charge is 2.22. The van der Waals surface area contributed by atoms with Crippen molar-refractivity contribution in [2.75, 3.05) is 44.2 Å². The van der Waals surface area contributed by atoms with E-state index < -0.39 is 0 Å². The summed E-state index contributed by atoms with van der Waals surface area (Å²) in [5.74, 6) is 2.58. The number of amides is 1. The summed E-state index contributed by atoms with van der Waals surface area (Å²) < 4.78 is 0. The third-order valence-corrected chi connectivity index (χ3v) is 5.76. The van der Waals surface area contributed by atoms with Crippen LogP contribution in [0.15, 0.2) is 23.5 Å². The lowest BCUT2D eigenvalue weighted by Crippen LogP contribution is -2.49. The van der Waals surface area contributed by atoms with E-state index in [1.54, 1.807) is 12.4 Å². The van der Waals surface area contributed by atoms with E-state index in [4.69, 9.17) is 0 Å². The molecule has 1 aliphatic carbocycles. The first-order chi connectivity index (χ1) is 14.2. The number of piperazine rings is 1. The lowest BCUT2D eigenvalue weighted by molar-refractivity contribution is -0.131. The number of rotatable bonds is 6. The summed E-state index contributed by atoms with van der Waals surface area (Å²) in [6, 6.07) is 2.31. The van der Waals surface area contributed by atoms with Crippen molar-refractivity contribution < 1.29 is 4.79 Å². The van der Waals surface area contributed by atoms with Gasteiger partial charge in [-0.2, -0.15) is 0 Å². The van der Waals surface area contributed by atoms with Crippen LogP contribution in [0.3, 0.4) is 0 Å². The van der Waals surface area contributed by atoms with E-state index in [2.05, 4.69) is 44.3 Å². The van der Waals surface area contributed by atoms with Crippen LogP contribution in [-0.2, 0) is 4.79 Å². The number of carbonyl (C=O) groups is 1. The van der Waals surface area contributed by atoms with E-state index in [0.29, 0.717) is 32.1 Å². The standard InChI is InChI=1S/C21H35N7O/c1-3-22-20(26-18-7-5-17(2)6-8-18)23-12-9-19(29)27-13-15-28(16-14-27)21-24-10-4-11-25-21/h4,10-11,17-18H,3,5-9,12-16H2,1-2H3,(H2,22,23,26). The Labute approximate surface area is 174 Å². The molecule has 1 aromatic rings. The second kappa shape index (κ2) is 11.0. The molecule has 1 aliphatic heterocycles. The maximum absolute atomic E-state index is 12.6. The Hall–Kier alpha value is -2.38. The SMILES string of the molecule is CCNC(=NCCC(=O)N1CCN(c2ncccn2)CC1)NC1CCC(C)CC1. The average Bonchev–Trinajstić information content (AvgIpc) is 2.76. The monoisotopic (exact) mass is 401 g/mol. The van der Waals surface area contributed by atoms with Crippen molar-refractivity contribution in [1.29, 1.82) is 0 Å². The van der Waals surface area contributed by atoms with Gasteiger partial charge in [0.25, 0.3) is 0 Å². The fraction of sp³-hybridized carbons (Fsp3) is 0.714. The molecular formula is C21H35N7O. The maximum atomic E-state index is 12.6. The van der Waals surface area contributed by atoms with Crippen LogP contribution < -0.4 is 15.5 Å². The van der Waals surface area contributed by atoms with Crippen LogP contribution in [0.4, 0.5) is 5.95 Å². The predicted molar refractivity (Wildman–Crippen MR) is 116 cm³/mol. The van der Waals surface area contributed by atoms with Crippen molar-refractivity contribution in [3.63, 3.8) is 0 Å². The zero-order valence-electron chi connectivity index (χ0n) is 17.8. The summed E-state index contributed by atoms with van der Waals surface area (Å²) in [5.41, 5.74) is 0. The molecule has 0 spiro atoms. The third-order valence-electron chi connectivity index (χ3n) is 5.76. The number of hydrogen-bond acceptors (Lipinski definition) is 5. The van der Waals surface area contributed by atoms with Gasteiger partial charge in [-0.25, -0.2) is 9.97 Å². The van der Waals surface area contributed by atoms with E-state index in [1.165, 1.54) is 25.7 Å². The van der Waals surface area contributed by atoms with Crippen molar-refractivity contribution in [3.8, 4) is 0 Å². The maximum Gasteiger partial charge on any atom is 0.225 e. The first-order valence-corrected chi connectivity index (χ1v) is 11.0. The highest BCUT2D eigenvalue weighted by molar-refractivity contribution is 5.81. The zero-order valence-corrected chi connectivity index (χ0v) is 17.8. The molecule has 8 heteroatoms. The van der Waals surface area contributed by atoms with Gasteiger partial charge >= 0.3 is 0 Å². The largest absolute Gasteiger partial charge is 0.357 e. The van der Waals surface area contributed by atoms with Gasteiger partial charge in [0, 0.05) is 57.6 Å². The molecule has 1 aromatic heterocycles. The van der Waals surface area contributed by atoms with E-state index in [1.807, 2.05) is 11.0 Å². The number of nitrogens with zero attached hydrogens (tertiary/aromatic N) is 5. The molecule has 0 unspecified atom stereocenters. The Morgan fingerprint density at radius 3 is 2.48 bits per heavy atom. The second-order valence-corrected chi connectivity index (χ2v) is 8.03. The summed E-state index contributed by atoms with van der Waals surface area (Å²) in [6.45, 7) is 8.69. The molecule has 1 saturated carbocycles.